The van der Waals surface area contributed by atoms with Crippen LogP contribution < -0.4 is 10.2 Å². The fourth-order valence-electron chi connectivity index (χ4n) is 2.22. The predicted octanol–water partition coefficient (Wildman–Crippen LogP) is 3.32. The second-order valence-corrected chi connectivity index (χ2v) is 5.31. The zero-order valence-electron chi connectivity index (χ0n) is 14.0. The number of alkyl halides is 3. The lowest BCUT2D eigenvalue weighted by Crippen LogP contribution is -2.20. The van der Waals surface area contributed by atoms with Gasteiger partial charge in [0.25, 0.3) is 5.69 Å². The minimum absolute atomic E-state index is 0.155. The van der Waals surface area contributed by atoms with Gasteiger partial charge in [-0.05, 0) is 18.2 Å². The first-order valence-corrected chi connectivity index (χ1v) is 7.52. The van der Waals surface area contributed by atoms with Crippen molar-refractivity contribution in [2.75, 3.05) is 7.11 Å². The molecule has 2 aromatic carbocycles. The number of methoxy groups -OCH3 is 1. The molecule has 0 aliphatic carbocycles. The molecule has 0 atom stereocenters. The first-order chi connectivity index (χ1) is 12.7. The van der Waals surface area contributed by atoms with Gasteiger partial charge in [-0.15, -0.1) is 0 Å². The van der Waals surface area contributed by atoms with Gasteiger partial charge in [-0.2, -0.15) is 18.3 Å². The predicted molar refractivity (Wildman–Crippen MR) is 90.5 cm³/mol. The Labute approximate surface area is 151 Å². The van der Waals surface area contributed by atoms with Gasteiger partial charge in [-0.3, -0.25) is 14.9 Å². The summed E-state index contributed by atoms with van der Waals surface area (Å²) < 4.78 is 43.2. The number of carbonyl (C=O) groups is 1. The number of nitro benzene ring substituents is 1. The normalized spacial score (nSPS) is 11.4. The Hall–Kier alpha value is -3.43. The van der Waals surface area contributed by atoms with Crippen molar-refractivity contribution in [1.29, 1.82) is 0 Å². The molecule has 0 heterocycles. The SMILES string of the molecule is COc1ccccc1/C=N/NC(=O)Cc1ccc(C(F)(F)F)cc1[N+](=O)[O-]. The van der Waals surface area contributed by atoms with Crippen molar-refractivity contribution in [3.05, 3.63) is 69.3 Å². The average Bonchev–Trinajstić information content (AvgIpc) is 2.61. The number of rotatable bonds is 6. The maximum atomic E-state index is 12.7. The van der Waals surface area contributed by atoms with Crippen LogP contribution in [-0.2, 0) is 17.4 Å². The molecule has 2 rings (SSSR count). The van der Waals surface area contributed by atoms with E-state index in [1.54, 1.807) is 24.3 Å². The van der Waals surface area contributed by atoms with Gasteiger partial charge in [-0.1, -0.05) is 18.2 Å². The maximum Gasteiger partial charge on any atom is 0.416 e. The van der Waals surface area contributed by atoms with E-state index >= 15 is 0 Å². The Bertz CT molecular complexity index is 882. The lowest BCUT2D eigenvalue weighted by molar-refractivity contribution is -0.385. The van der Waals surface area contributed by atoms with Crippen LogP contribution in [0.3, 0.4) is 0 Å². The fraction of sp³-hybridized carbons (Fsp3) is 0.176. The first kappa shape index (κ1) is 19.9. The number of nitro groups is 1. The third-order valence-corrected chi connectivity index (χ3v) is 3.49. The van der Waals surface area contributed by atoms with Crippen LogP contribution in [0.15, 0.2) is 47.6 Å². The number of nitrogens with zero attached hydrogens (tertiary/aromatic N) is 2. The average molecular weight is 381 g/mol. The monoisotopic (exact) mass is 381 g/mol. The van der Waals surface area contributed by atoms with Crippen LogP contribution in [0.5, 0.6) is 5.75 Å². The summed E-state index contributed by atoms with van der Waals surface area (Å²) in [6.07, 6.45) is -3.90. The van der Waals surface area contributed by atoms with E-state index in [-0.39, 0.29) is 5.56 Å². The number of hydrazone groups is 1. The minimum atomic E-state index is -4.72. The molecule has 2 aromatic rings. The quantitative estimate of drug-likeness (QED) is 0.472. The van der Waals surface area contributed by atoms with Crippen LogP contribution in [0.25, 0.3) is 0 Å². The molecule has 1 N–H and O–H groups in total. The van der Waals surface area contributed by atoms with Gasteiger partial charge in [0.05, 0.1) is 30.2 Å². The third kappa shape index (κ3) is 5.27. The highest BCUT2D eigenvalue weighted by molar-refractivity contribution is 5.86. The summed E-state index contributed by atoms with van der Waals surface area (Å²) >= 11 is 0. The van der Waals surface area contributed by atoms with Gasteiger partial charge in [0.15, 0.2) is 0 Å². The van der Waals surface area contributed by atoms with Crippen LogP contribution >= 0.6 is 0 Å². The number of halogens is 3. The van der Waals surface area contributed by atoms with Gasteiger partial charge < -0.3 is 4.74 Å². The van der Waals surface area contributed by atoms with Gasteiger partial charge in [0, 0.05) is 17.2 Å². The molecule has 1 amide bonds. The summed E-state index contributed by atoms with van der Waals surface area (Å²) in [6.45, 7) is 0. The van der Waals surface area contributed by atoms with Crippen molar-refractivity contribution in [1.82, 2.24) is 5.43 Å². The molecule has 0 fully saturated rings. The molecule has 0 saturated carbocycles. The summed E-state index contributed by atoms with van der Waals surface area (Å²) in [6, 6.07) is 8.86. The van der Waals surface area contributed by atoms with Crippen molar-refractivity contribution < 1.29 is 27.6 Å². The second-order valence-electron chi connectivity index (χ2n) is 5.31. The zero-order valence-corrected chi connectivity index (χ0v) is 14.0. The number of benzene rings is 2. The molecule has 0 unspecified atom stereocenters. The lowest BCUT2D eigenvalue weighted by atomic mass is 10.1. The third-order valence-electron chi connectivity index (χ3n) is 3.49. The van der Waals surface area contributed by atoms with E-state index in [1.165, 1.54) is 13.3 Å². The van der Waals surface area contributed by atoms with Crippen LogP contribution in [0, 0.1) is 10.1 Å². The molecule has 27 heavy (non-hydrogen) atoms. The second kappa shape index (κ2) is 8.30. The summed E-state index contributed by atoms with van der Waals surface area (Å²) in [5.74, 6) is -0.196. The number of hydrogen-bond acceptors (Lipinski definition) is 5. The van der Waals surface area contributed by atoms with E-state index in [0.717, 1.165) is 6.07 Å². The number of amides is 1. The summed E-state index contributed by atoms with van der Waals surface area (Å²) in [4.78, 5) is 22.0. The number of carbonyl (C=O) groups excluding carboxylic acids is 1. The Morgan fingerprint density at radius 1 is 1.30 bits per heavy atom. The van der Waals surface area contributed by atoms with E-state index in [1.807, 2.05) is 0 Å². The van der Waals surface area contributed by atoms with E-state index < -0.39 is 34.7 Å². The van der Waals surface area contributed by atoms with Crippen LogP contribution in [0.1, 0.15) is 16.7 Å². The Morgan fingerprint density at radius 3 is 2.63 bits per heavy atom. The van der Waals surface area contributed by atoms with Crippen LogP contribution in [0.2, 0.25) is 0 Å². The first-order valence-electron chi connectivity index (χ1n) is 7.52. The topological polar surface area (TPSA) is 93.8 Å². The highest BCUT2D eigenvalue weighted by atomic mass is 19.4. The van der Waals surface area contributed by atoms with Gasteiger partial charge in [0.1, 0.15) is 5.75 Å². The van der Waals surface area contributed by atoms with Crippen LogP contribution in [0.4, 0.5) is 18.9 Å². The molecule has 0 aromatic heterocycles. The van der Waals surface area contributed by atoms with Gasteiger partial charge >= 0.3 is 6.18 Å². The lowest BCUT2D eigenvalue weighted by Gasteiger charge is -2.08. The van der Waals surface area contributed by atoms with E-state index in [2.05, 4.69) is 10.5 Å². The Balaban J connectivity index is 2.11. The molecule has 0 spiro atoms. The summed E-state index contributed by atoms with van der Waals surface area (Å²) in [7, 11) is 1.47. The van der Waals surface area contributed by atoms with E-state index in [9.17, 15) is 28.1 Å². The van der Waals surface area contributed by atoms with Crippen molar-refractivity contribution in [2.45, 2.75) is 12.6 Å². The molecule has 0 aliphatic heterocycles. The molecule has 0 bridgehead atoms. The molecule has 0 aliphatic rings. The highest BCUT2D eigenvalue weighted by Gasteiger charge is 2.33. The molecular weight excluding hydrogens is 367 g/mol. The number of ether oxygens (including phenoxy) is 1. The maximum absolute atomic E-state index is 12.7. The van der Waals surface area contributed by atoms with E-state index in [4.69, 9.17) is 4.74 Å². The number of nitrogens with one attached hydrogen (secondary N) is 1. The Kier molecular flexibility index (Phi) is 6.11. The highest BCUT2D eigenvalue weighted by Crippen LogP contribution is 2.33. The smallest absolute Gasteiger partial charge is 0.416 e. The minimum Gasteiger partial charge on any atom is -0.496 e. The largest absolute Gasteiger partial charge is 0.496 e. The molecule has 0 saturated heterocycles. The van der Waals surface area contributed by atoms with Gasteiger partial charge in [-0.25, -0.2) is 5.43 Å². The molecule has 10 heteroatoms. The fourth-order valence-corrected chi connectivity index (χ4v) is 2.22. The number of hydrogen-bond donors (Lipinski definition) is 1. The van der Waals surface area contributed by atoms with Crippen molar-refractivity contribution >= 4 is 17.8 Å². The Morgan fingerprint density at radius 2 is 2.00 bits per heavy atom. The molecular formula is C17H14F3N3O4. The van der Waals surface area contributed by atoms with E-state index in [0.29, 0.717) is 23.4 Å². The molecule has 7 nitrogen and oxygen atoms in total. The van der Waals surface area contributed by atoms with Crippen molar-refractivity contribution in [3.63, 3.8) is 0 Å². The molecule has 0 radical (unpaired) electrons. The summed E-state index contributed by atoms with van der Waals surface area (Å²) in [5.41, 5.74) is 0.658. The van der Waals surface area contributed by atoms with Crippen LogP contribution in [-0.4, -0.2) is 24.2 Å². The van der Waals surface area contributed by atoms with Crippen molar-refractivity contribution in [2.24, 2.45) is 5.10 Å². The van der Waals surface area contributed by atoms with Gasteiger partial charge in [0.2, 0.25) is 5.91 Å². The zero-order chi connectivity index (χ0) is 20.0. The van der Waals surface area contributed by atoms with Crippen molar-refractivity contribution in [3.8, 4) is 5.75 Å². The standard InChI is InChI=1S/C17H14F3N3O4/c1-27-15-5-3-2-4-12(15)10-21-22-16(24)8-11-6-7-13(17(18,19)20)9-14(11)23(25)26/h2-7,9-10H,8H2,1H3,(H,22,24)/b21-10+. The molecule has 142 valence electrons. The number of para-hydroxylation sites is 1. The summed E-state index contributed by atoms with van der Waals surface area (Å²) in [5, 5.41) is 14.7.